The van der Waals surface area contributed by atoms with Gasteiger partial charge in [0.2, 0.25) is 0 Å². The number of hydrogen-bond acceptors (Lipinski definition) is 0. The Balaban J connectivity index is 2.52. The van der Waals surface area contributed by atoms with Crippen LogP contribution in [0.1, 0.15) is 22.3 Å². The van der Waals surface area contributed by atoms with Gasteiger partial charge < -0.3 is 0 Å². The maximum absolute atomic E-state index is 2.36. The number of benzene rings is 3. The Morgan fingerprint density at radius 1 is 0.556 bits per heavy atom. The molecule has 0 unspecified atom stereocenters. The maximum Gasteiger partial charge on any atom is -0.0146 e. The van der Waals surface area contributed by atoms with E-state index in [-0.39, 0.29) is 0 Å². The van der Waals surface area contributed by atoms with Gasteiger partial charge in [0, 0.05) is 0 Å². The van der Waals surface area contributed by atoms with E-state index in [0.29, 0.717) is 0 Å². The molecule has 3 aromatic rings. The highest BCUT2D eigenvalue weighted by molar-refractivity contribution is 6.01. The first-order valence-corrected chi connectivity index (χ1v) is 6.48. The molecule has 0 saturated heterocycles. The second kappa shape index (κ2) is 3.84. The molecule has 0 radical (unpaired) electrons. The summed E-state index contributed by atoms with van der Waals surface area (Å²) in [5.74, 6) is 0. The third-order valence-electron chi connectivity index (χ3n) is 4.24. The van der Waals surface area contributed by atoms with Gasteiger partial charge in [-0.2, -0.15) is 0 Å². The van der Waals surface area contributed by atoms with E-state index < -0.39 is 0 Å². The van der Waals surface area contributed by atoms with Crippen molar-refractivity contribution in [3.8, 4) is 0 Å². The Morgan fingerprint density at radius 3 is 1.44 bits per heavy atom. The Labute approximate surface area is 108 Å². The Bertz CT molecular complexity index is 701. The molecule has 0 nitrogen and oxygen atoms in total. The van der Waals surface area contributed by atoms with Crippen molar-refractivity contribution in [2.24, 2.45) is 0 Å². The zero-order chi connectivity index (χ0) is 12.9. The molecular weight excluding hydrogens is 216 g/mol. The Morgan fingerprint density at radius 2 is 1.00 bits per heavy atom. The van der Waals surface area contributed by atoms with Crippen LogP contribution in [0.2, 0.25) is 0 Å². The van der Waals surface area contributed by atoms with Crippen LogP contribution in [-0.2, 0) is 0 Å². The molecule has 0 heterocycles. The van der Waals surface area contributed by atoms with Gasteiger partial charge in [0.25, 0.3) is 0 Å². The third kappa shape index (κ3) is 1.53. The van der Waals surface area contributed by atoms with Gasteiger partial charge in [-0.25, -0.2) is 0 Å². The van der Waals surface area contributed by atoms with E-state index in [4.69, 9.17) is 0 Å². The average Bonchev–Trinajstić information content (AvgIpc) is 2.37. The van der Waals surface area contributed by atoms with Crippen molar-refractivity contribution in [1.82, 2.24) is 0 Å². The van der Waals surface area contributed by atoms with Crippen molar-refractivity contribution in [3.05, 3.63) is 58.7 Å². The molecular formula is C18H18. The highest BCUT2D eigenvalue weighted by Gasteiger charge is 2.05. The predicted octanol–water partition coefficient (Wildman–Crippen LogP) is 5.23. The molecule has 0 bridgehead atoms. The zero-order valence-corrected chi connectivity index (χ0v) is 11.5. The average molecular weight is 234 g/mol. The number of rotatable bonds is 0. The molecule has 0 saturated carbocycles. The molecule has 0 aromatic heterocycles. The van der Waals surface area contributed by atoms with Crippen LogP contribution in [0, 0.1) is 27.7 Å². The zero-order valence-electron chi connectivity index (χ0n) is 11.5. The molecule has 0 aliphatic heterocycles. The van der Waals surface area contributed by atoms with Crippen molar-refractivity contribution >= 4 is 21.5 Å². The first-order valence-electron chi connectivity index (χ1n) is 6.48. The predicted molar refractivity (Wildman–Crippen MR) is 80.4 cm³/mol. The van der Waals surface area contributed by atoms with Crippen molar-refractivity contribution < 1.29 is 0 Å². The van der Waals surface area contributed by atoms with E-state index in [0.717, 1.165) is 0 Å². The smallest absolute Gasteiger partial charge is 0.0146 e. The fourth-order valence-corrected chi connectivity index (χ4v) is 2.66. The van der Waals surface area contributed by atoms with E-state index in [2.05, 4.69) is 64.1 Å². The van der Waals surface area contributed by atoms with Gasteiger partial charge in [-0.3, -0.25) is 0 Å². The lowest BCUT2D eigenvalue weighted by atomic mass is 9.94. The first kappa shape index (κ1) is 11.3. The van der Waals surface area contributed by atoms with E-state index in [1.54, 1.807) is 0 Å². The molecule has 0 heteroatoms. The number of aryl methyl sites for hydroxylation is 4. The van der Waals surface area contributed by atoms with Crippen LogP contribution < -0.4 is 0 Å². The van der Waals surface area contributed by atoms with E-state index >= 15 is 0 Å². The van der Waals surface area contributed by atoms with Gasteiger partial charge in [0.15, 0.2) is 0 Å². The summed E-state index contributed by atoms with van der Waals surface area (Å²) in [5.41, 5.74) is 5.53. The summed E-state index contributed by atoms with van der Waals surface area (Å²) >= 11 is 0. The summed E-state index contributed by atoms with van der Waals surface area (Å²) in [6.07, 6.45) is 0. The first-order chi connectivity index (χ1) is 8.58. The molecule has 0 spiro atoms. The van der Waals surface area contributed by atoms with Crippen LogP contribution in [0.4, 0.5) is 0 Å². The highest BCUT2D eigenvalue weighted by Crippen LogP contribution is 2.29. The van der Waals surface area contributed by atoms with E-state index in [1.165, 1.54) is 43.8 Å². The molecule has 0 aliphatic rings. The summed E-state index contributed by atoms with van der Waals surface area (Å²) < 4.78 is 0. The third-order valence-corrected chi connectivity index (χ3v) is 4.24. The summed E-state index contributed by atoms with van der Waals surface area (Å²) in [4.78, 5) is 0. The van der Waals surface area contributed by atoms with Crippen LogP contribution in [-0.4, -0.2) is 0 Å². The fraction of sp³-hybridized carbons (Fsp3) is 0.222. The monoisotopic (exact) mass is 234 g/mol. The lowest BCUT2D eigenvalue weighted by molar-refractivity contribution is 1.37. The van der Waals surface area contributed by atoms with Crippen LogP contribution in [0.5, 0.6) is 0 Å². The maximum atomic E-state index is 2.36. The summed E-state index contributed by atoms with van der Waals surface area (Å²) in [7, 11) is 0. The van der Waals surface area contributed by atoms with E-state index in [1.807, 2.05) is 0 Å². The van der Waals surface area contributed by atoms with Gasteiger partial charge in [-0.05, 0) is 83.6 Å². The van der Waals surface area contributed by atoms with Gasteiger partial charge in [-0.15, -0.1) is 0 Å². The topological polar surface area (TPSA) is 0 Å². The molecule has 0 aliphatic carbocycles. The van der Waals surface area contributed by atoms with Crippen LogP contribution >= 0.6 is 0 Å². The minimum atomic E-state index is 1.34. The second-order valence-electron chi connectivity index (χ2n) is 5.31. The van der Waals surface area contributed by atoms with Crippen molar-refractivity contribution in [2.45, 2.75) is 27.7 Å². The molecule has 0 amide bonds. The van der Waals surface area contributed by atoms with Gasteiger partial charge in [0.1, 0.15) is 0 Å². The largest absolute Gasteiger partial charge is 0.0584 e. The molecule has 18 heavy (non-hydrogen) atoms. The molecule has 0 N–H and O–H groups in total. The van der Waals surface area contributed by atoms with Gasteiger partial charge >= 0.3 is 0 Å². The quantitative estimate of drug-likeness (QED) is 0.467. The fourth-order valence-electron chi connectivity index (χ4n) is 2.66. The van der Waals surface area contributed by atoms with Crippen LogP contribution in [0.3, 0.4) is 0 Å². The summed E-state index contributed by atoms with van der Waals surface area (Å²) in [5, 5.41) is 5.45. The van der Waals surface area contributed by atoms with Crippen molar-refractivity contribution in [3.63, 3.8) is 0 Å². The van der Waals surface area contributed by atoms with E-state index in [9.17, 15) is 0 Å². The van der Waals surface area contributed by atoms with Gasteiger partial charge in [-0.1, -0.05) is 24.3 Å². The lowest BCUT2D eigenvalue weighted by Crippen LogP contribution is -1.87. The molecule has 90 valence electrons. The van der Waals surface area contributed by atoms with Crippen molar-refractivity contribution in [1.29, 1.82) is 0 Å². The molecule has 0 atom stereocenters. The van der Waals surface area contributed by atoms with Gasteiger partial charge in [0.05, 0.1) is 0 Å². The highest BCUT2D eigenvalue weighted by atomic mass is 14.1. The SMILES string of the molecule is Cc1ccc2cc3ccc(C)c(C)c3cc2c1C. The Hall–Kier alpha value is -1.82. The minimum absolute atomic E-state index is 1.34. The standard InChI is InChI=1S/C18H18/c1-11-5-7-15-9-16-8-6-12(2)14(4)18(16)10-17(15)13(11)3/h5-10H,1-4H3. The summed E-state index contributed by atoms with van der Waals surface area (Å²) in [6, 6.07) is 13.5. The normalized spacial score (nSPS) is 11.3. The Kier molecular flexibility index (Phi) is 2.41. The molecule has 3 aromatic carbocycles. The number of hydrogen-bond donors (Lipinski definition) is 0. The van der Waals surface area contributed by atoms with Crippen molar-refractivity contribution in [2.75, 3.05) is 0 Å². The molecule has 0 fully saturated rings. The van der Waals surface area contributed by atoms with Crippen LogP contribution in [0.15, 0.2) is 36.4 Å². The summed E-state index contributed by atoms with van der Waals surface area (Å²) in [6.45, 7) is 8.80. The minimum Gasteiger partial charge on any atom is -0.0584 e. The number of fused-ring (bicyclic) bond motifs is 2. The lowest BCUT2D eigenvalue weighted by Gasteiger charge is -2.11. The van der Waals surface area contributed by atoms with Crippen LogP contribution in [0.25, 0.3) is 21.5 Å². The molecule has 3 rings (SSSR count). The second-order valence-corrected chi connectivity index (χ2v) is 5.31.